The van der Waals surface area contributed by atoms with Crippen LogP contribution in [0, 0.1) is 0 Å². The van der Waals surface area contributed by atoms with Crippen molar-refractivity contribution in [2.24, 2.45) is 0 Å². The first-order chi connectivity index (χ1) is 10.0. The first kappa shape index (κ1) is 15.5. The van der Waals surface area contributed by atoms with E-state index in [4.69, 9.17) is 0 Å². The topological polar surface area (TPSA) is 66.4 Å². The van der Waals surface area contributed by atoms with Gasteiger partial charge in [0.15, 0.2) is 0 Å². The Hall–Kier alpha value is -1.84. The number of rotatable bonds is 5. The summed E-state index contributed by atoms with van der Waals surface area (Å²) in [6.45, 7) is 1.99. The maximum atomic E-state index is 12.2. The number of nitrogens with one attached hydrogen (secondary N) is 1. The SMILES string of the molecule is CC(CC(=O)NC1(C(=O)O)CCCCC1)c1ccccc1. The van der Waals surface area contributed by atoms with Crippen molar-refractivity contribution >= 4 is 11.9 Å². The Balaban J connectivity index is 1.98. The molecule has 4 heteroatoms. The molecule has 21 heavy (non-hydrogen) atoms. The highest BCUT2D eigenvalue weighted by Crippen LogP contribution is 2.29. The summed E-state index contributed by atoms with van der Waals surface area (Å²) in [7, 11) is 0. The molecule has 1 aliphatic rings. The Labute approximate surface area is 125 Å². The minimum atomic E-state index is -1.05. The van der Waals surface area contributed by atoms with Crippen molar-refractivity contribution < 1.29 is 14.7 Å². The molecular formula is C17H23NO3. The molecular weight excluding hydrogens is 266 g/mol. The number of carbonyl (C=O) groups excluding carboxylic acids is 1. The lowest BCUT2D eigenvalue weighted by Gasteiger charge is -2.34. The Morgan fingerprint density at radius 3 is 2.38 bits per heavy atom. The second kappa shape index (κ2) is 6.74. The molecule has 0 aliphatic heterocycles. The molecule has 1 amide bonds. The zero-order valence-corrected chi connectivity index (χ0v) is 12.5. The van der Waals surface area contributed by atoms with Gasteiger partial charge in [0, 0.05) is 6.42 Å². The molecule has 1 saturated carbocycles. The van der Waals surface area contributed by atoms with E-state index in [0.29, 0.717) is 19.3 Å². The third-order valence-corrected chi connectivity index (χ3v) is 4.36. The fraction of sp³-hybridized carbons (Fsp3) is 0.529. The number of hydrogen-bond donors (Lipinski definition) is 2. The van der Waals surface area contributed by atoms with Crippen LogP contribution in [0.3, 0.4) is 0 Å². The lowest BCUT2D eigenvalue weighted by atomic mass is 9.81. The van der Waals surface area contributed by atoms with Crippen molar-refractivity contribution in [1.82, 2.24) is 5.32 Å². The number of hydrogen-bond acceptors (Lipinski definition) is 2. The van der Waals surface area contributed by atoms with Gasteiger partial charge in [-0.05, 0) is 24.3 Å². The highest BCUT2D eigenvalue weighted by atomic mass is 16.4. The number of amides is 1. The highest BCUT2D eigenvalue weighted by molar-refractivity contribution is 5.87. The molecule has 2 rings (SSSR count). The van der Waals surface area contributed by atoms with Gasteiger partial charge >= 0.3 is 5.97 Å². The average Bonchev–Trinajstić information content (AvgIpc) is 2.48. The van der Waals surface area contributed by atoms with Crippen LogP contribution in [0.25, 0.3) is 0 Å². The maximum absolute atomic E-state index is 12.2. The predicted octanol–water partition coefficient (Wildman–Crippen LogP) is 3.08. The van der Waals surface area contributed by atoms with Crippen molar-refractivity contribution in [1.29, 1.82) is 0 Å². The Bertz CT molecular complexity index is 492. The smallest absolute Gasteiger partial charge is 0.329 e. The van der Waals surface area contributed by atoms with Crippen molar-refractivity contribution in [3.8, 4) is 0 Å². The summed E-state index contributed by atoms with van der Waals surface area (Å²) >= 11 is 0. The fourth-order valence-corrected chi connectivity index (χ4v) is 3.04. The van der Waals surface area contributed by atoms with E-state index < -0.39 is 11.5 Å². The lowest BCUT2D eigenvalue weighted by molar-refractivity contribution is -0.149. The molecule has 1 aliphatic carbocycles. The van der Waals surface area contributed by atoms with Crippen LogP contribution in [0.1, 0.15) is 56.9 Å². The zero-order valence-electron chi connectivity index (χ0n) is 12.5. The molecule has 0 spiro atoms. The van der Waals surface area contributed by atoms with E-state index in [0.717, 1.165) is 24.8 Å². The van der Waals surface area contributed by atoms with Gasteiger partial charge in [-0.25, -0.2) is 4.79 Å². The molecule has 1 atom stereocenters. The van der Waals surface area contributed by atoms with E-state index in [1.54, 1.807) is 0 Å². The van der Waals surface area contributed by atoms with Crippen LogP contribution in [0.2, 0.25) is 0 Å². The standard InChI is InChI=1S/C17H23NO3/c1-13(14-8-4-2-5-9-14)12-15(19)18-17(16(20)21)10-6-3-7-11-17/h2,4-5,8-9,13H,3,6-7,10-12H2,1H3,(H,18,19)(H,20,21). The Morgan fingerprint density at radius 2 is 1.81 bits per heavy atom. The third-order valence-electron chi connectivity index (χ3n) is 4.36. The van der Waals surface area contributed by atoms with E-state index in [1.807, 2.05) is 37.3 Å². The molecule has 1 aromatic rings. The van der Waals surface area contributed by atoms with E-state index in [-0.39, 0.29) is 11.8 Å². The lowest BCUT2D eigenvalue weighted by Crippen LogP contribution is -2.55. The molecule has 114 valence electrons. The zero-order chi connectivity index (χ0) is 15.3. The van der Waals surface area contributed by atoms with Crippen LogP contribution in [-0.4, -0.2) is 22.5 Å². The minimum absolute atomic E-state index is 0.0839. The van der Waals surface area contributed by atoms with Gasteiger partial charge in [0.05, 0.1) is 0 Å². The monoisotopic (exact) mass is 289 g/mol. The summed E-state index contributed by atoms with van der Waals surface area (Å²) in [5, 5.41) is 12.3. The summed E-state index contributed by atoms with van der Waals surface area (Å²) in [6.07, 6.45) is 4.16. The molecule has 1 fully saturated rings. The minimum Gasteiger partial charge on any atom is -0.480 e. The van der Waals surface area contributed by atoms with Gasteiger partial charge in [0.25, 0.3) is 0 Å². The van der Waals surface area contributed by atoms with Gasteiger partial charge < -0.3 is 10.4 Å². The van der Waals surface area contributed by atoms with Crippen molar-refractivity contribution in [2.75, 3.05) is 0 Å². The fourth-order valence-electron chi connectivity index (χ4n) is 3.04. The number of carboxylic acid groups (broad SMARTS) is 1. The van der Waals surface area contributed by atoms with Crippen LogP contribution in [-0.2, 0) is 9.59 Å². The quantitative estimate of drug-likeness (QED) is 0.875. The van der Waals surface area contributed by atoms with Crippen LogP contribution < -0.4 is 5.32 Å². The highest BCUT2D eigenvalue weighted by Gasteiger charge is 2.40. The summed E-state index contributed by atoms with van der Waals surface area (Å²) in [4.78, 5) is 23.8. The van der Waals surface area contributed by atoms with E-state index in [1.165, 1.54) is 0 Å². The molecule has 4 nitrogen and oxygen atoms in total. The van der Waals surface area contributed by atoms with Crippen molar-refractivity contribution in [3.63, 3.8) is 0 Å². The Kier molecular flexibility index (Phi) is 4.99. The number of carboxylic acids is 1. The van der Waals surface area contributed by atoms with Gasteiger partial charge in [-0.1, -0.05) is 56.5 Å². The molecule has 1 unspecified atom stereocenters. The van der Waals surface area contributed by atoms with Crippen molar-refractivity contribution in [3.05, 3.63) is 35.9 Å². The number of benzene rings is 1. The van der Waals surface area contributed by atoms with Gasteiger partial charge in [-0.2, -0.15) is 0 Å². The number of aliphatic carboxylic acids is 1. The number of carbonyl (C=O) groups is 2. The predicted molar refractivity (Wildman–Crippen MR) is 81.1 cm³/mol. The molecule has 0 aromatic heterocycles. The molecule has 0 radical (unpaired) electrons. The van der Waals surface area contributed by atoms with Crippen LogP contribution >= 0.6 is 0 Å². The Morgan fingerprint density at radius 1 is 1.19 bits per heavy atom. The third kappa shape index (κ3) is 3.84. The summed E-state index contributed by atoms with van der Waals surface area (Å²) in [6, 6.07) is 9.82. The second-order valence-corrected chi connectivity index (χ2v) is 6.01. The van der Waals surface area contributed by atoms with Gasteiger partial charge in [-0.3, -0.25) is 4.79 Å². The first-order valence-corrected chi connectivity index (χ1v) is 7.63. The first-order valence-electron chi connectivity index (χ1n) is 7.63. The largest absolute Gasteiger partial charge is 0.480 e. The molecule has 2 N–H and O–H groups in total. The maximum Gasteiger partial charge on any atom is 0.329 e. The molecule has 0 heterocycles. The van der Waals surface area contributed by atoms with E-state index in [9.17, 15) is 14.7 Å². The van der Waals surface area contributed by atoms with E-state index in [2.05, 4.69) is 5.32 Å². The summed E-state index contributed by atoms with van der Waals surface area (Å²) < 4.78 is 0. The van der Waals surface area contributed by atoms with Gasteiger partial charge in [-0.15, -0.1) is 0 Å². The van der Waals surface area contributed by atoms with E-state index >= 15 is 0 Å². The van der Waals surface area contributed by atoms with Crippen LogP contribution in [0.15, 0.2) is 30.3 Å². The average molecular weight is 289 g/mol. The normalized spacial score (nSPS) is 18.7. The molecule has 1 aromatic carbocycles. The summed E-state index contributed by atoms with van der Waals surface area (Å²) in [5.41, 5.74) is 0.0480. The molecule has 0 bridgehead atoms. The van der Waals surface area contributed by atoms with Crippen LogP contribution in [0.4, 0.5) is 0 Å². The van der Waals surface area contributed by atoms with Crippen LogP contribution in [0.5, 0.6) is 0 Å². The van der Waals surface area contributed by atoms with Gasteiger partial charge in [0.1, 0.15) is 5.54 Å². The van der Waals surface area contributed by atoms with Gasteiger partial charge in [0.2, 0.25) is 5.91 Å². The summed E-state index contributed by atoms with van der Waals surface area (Å²) in [5.74, 6) is -0.987. The van der Waals surface area contributed by atoms with Crippen molar-refractivity contribution in [2.45, 2.75) is 56.9 Å². The molecule has 0 saturated heterocycles. The second-order valence-electron chi connectivity index (χ2n) is 6.01.